The van der Waals surface area contributed by atoms with E-state index in [2.05, 4.69) is 52.3 Å². The molecule has 20 heteroatoms. The highest BCUT2D eigenvalue weighted by molar-refractivity contribution is 5.95. The number of likely N-dealkylation sites (N-methyl/N-ethyl adjacent to an activating group) is 1. The summed E-state index contributed by atoms with van der Waals surface area (Å²) in [4.78, 5) is 41.3. The van der Waals surface area contributed by atoms with Crippen LogP contribution in [-0.2, 0) is 45.2 Å². The normalized spacial score (nSPS) is 16.6. The van der Waals surface area contributed by atoms with Crippen LogP contribution in [0.25, 0.3) is 10.9 Å². The van der Waals surface area contributed by atoms with Crippen LogP contribution in [0, 0.1) is 11.8 Å². The number of fused-ring (bicyclic) bond motifs is 2. The van der Waals surface area contributed by atoms with Crippen LogP contribution in [0.5, 0.6) is 11.5 Å². The van der Waals surface area contributed by atoms with Gasteiger partial charge in [-0.1, -0.05) is 62.6 Å². The van der Waals surface area contributed by atoms with Crippen LogP contribution in [-0.4, -0.2) is 144 Å². The number of rotatable bonds is 21. The third kappa shape index (κ3) is 17.5. The van der Waals surface area contributed by atoms with E-state index in [1.165, 1.54) is 13.5 Å². The molecule has 2 aliphatic heterocycles. The van der Waals surface area contributed by atoms with Crippen molar-refractivity contribution in [1.82, 2.24) is 25.4 Å². The summed E-state index contributed by atoms with van der Waals surface area (Å²) in [7, 11) is 5.14. The van der Waals surface area contributed by atoms with Gasteiger partial charge in [0.25, 0.3) is 5.91 Å². The maximum Gasteiger partial charge on any atom is 0.406 e. The second kappa shape index (κ2) is 28.7. The topological polar surface area (TPSA) is 180 Å². The quantitative estimate of drug-likeness (QED) is 0.0262. The molecule has 5 aromatic rings. The average molecular weight is 1060 g/mol. The molecule has 1 fully saturated rings. The van der Waals surface area contributed by atoms with E-state index in [9.17, 15) is 37.1 Å². The molecule has 0 bridgehead atoms. The highest BCUT2D eigenvalue weighted by Gasteiger charge is 2.31. The van der Waals surface area contributed by atoms with Crippen molar-refractivity contribution >= 4 is 45.7 Å². The van der Waals surface area contributed by atoms with Crippen LogP contribution in [0.1, 0.15) is 59.4 Å². The molecule has 0 saturated carbocycles. The Kier molecular flexibility index (Phi) is 22.0. The summed E-state index contributed by atoms with van der Waals surface area (Å²) >= 11 is 0. The number of ether oxygens (including phenoxy) is 4. The van der Waals surface area contributed by atoms with Gasteiger partial charge in [-0.05, 0) is 85.0 Å². The third-order valence-electron chi connectivity index (χ3n) is 12.4. The smallest absolute Gasteiger partial charge is 0.406 e. The van der Waals surface area contributed by atoms with E-state index in [1.54, 1.807) is 42.5 Å². The van der Waals surface area contributed by atoms with Gasteiger partial charge in [-0.15, -0.1) is 0 Å². The fraction of sp³-hybridized carbons (Fsp3) is 0.446. The first-order valence-electron chi connectivity index (χ1n) is 25.4. The van der Waals surface area contributed by atoms with Gasteiger partial charge in [0.15, 0.2) is 0 Å². The van der Waals surface area contributed by atoms with E-state index in [4.69, 9.17) is 18.9 Å². The van der Waals surface area contributed by atoms with Gasteiger partial charge in [0.1, 0.15) is 37.4 Å². The summed E-state index contributed by atoms with van der Waals surface area (Å²) in [5.41, 5.74) is 5.60. The lowest BCUT2D eigenvalue weighted by atomic mass is 10.0. The Hall–Kier alpha value is -7.05. The molecular weight excluding hydrogens is 989 g/mol. The molecule has 0 spiro atoms. The number of carbonyl (C=O) groups excluding carboxylic acids is 3. The molecule has 16 nitrogen and oxygen atoms in total. The zero-order valence-electron chi connectivity index (χ0n) is 43.8. The Morgan fingerprint density at radius 1 is 0.921 bits per heavy atom. The summed E-state index contributed by atoms with van der Waals surface area (Å²) < 4.78 is 79.8. The molecule has 3 unspecified atom stereocenters. The molecule has 3 amide bonds. The van der Waals surface area contributed by atoms with Gasteiger partial charge >= 0.3 is 6.18 Å². The van der Waals surface area contributed by atoms with E-state index >= 15 is 0 Å². The largest absolute Gasteiger partial charge is 0.495 e. The minimum absolute atomic E-state index is 0.0505. The van der Waals surface area contributed by atoms with Crippen molar-refractivity contribution < 1.29 is 56.0 Å². The molecule has 7 rings (SSSR count). The lowest BCUT2D eigenvalue weighted by molar-refractivity contribution is -0.140. The van der Waals surface area contributed by atoms with E-state index in [0.717, 1.165) is 26.9 Å². The first-order valence-corrected chi connectivity index (χ1v) is 25.4. The van der Waals surface area contributed by atoms with Crippen molar-refractivity contribution in [2.45, 2.75) is 77.2 Å². The number of aliphatic hydroxyl groups excluding tert-OH is 1. The molecule has 0 radical (unpaired) electrons. The molecule has 4 aromatic carbocycles. The van der Waals surface area contributed by atoms with Gasteiger partial charge < -0.3 is 65.0 Å². The predicted octanol–water partition coefficient (Wildman–Crippen LogP) is 6.67. The molecule has 76 heavy (non-hydrogen) atoms. The van der Waals surface area contributed by atoms with Crippen LogP contribution in [0.15, 0.2) is 84.9 Å². The molecule has 410 valence electrons. The number of methoxy groups -OCH3 is 1. The molecule has 0 aliphatic carbocycles. The number of piperidine rings is 1. The maximum absolute atomic E-state index is 14.9. The van der Waals surface area contributed by atoms with Crippen LogP contribution >= 0.6 is 0 Å². The highest BCUT2D eigenvalue weighted by Crippen LogP contribution is 2.33. The van der Waals surface area contributed by atoms with E-state index in [0.29, 0.717) is 71.9 Å². The second-order valence-electron chi connectivity index (χ2n) is 18.7. The second-order valence-corrected chi connectivity index (χ2v) is 18.7. The SMILES string of the molecule is CCC.COc1cc(C(=O)NCCOCCOCC(=O)NCc2ccc(COc3ccc4c(c3)N(C)CC(=O)NC(CO)C4)cc2)ccc1NCC#Cc1cc2c(NC3CCN(C)CC3F)cccc2n1CC(F)(F)F. The first-order chi connectivity index (χ1) is 36.6. The zero-order valence-corrected chi connectivity index (χ0v) is 43.8. The molecule has 1 saturated heterocycles. The van der Waals surface area contributed by atoms with Crippen molar-refractivity contribution in [1.29, 1.82) is 0 Å². The summed E-state index contributed by atoms with van der Waals surface area (Å²) in [6.07, 6.45) is -3.32. The number of hydrogen-bond donors (Lipinski definition) is 6. The Balaban J connectivity index is 0.00000305. The van der Waals surface area contributed by atoms with Gasteiger partial charge in [-0.2, -0.15) is 13.2 Å². The molecule has 1 aromatic heterocycles. The number of alkyl halides is 4. The number of carbonyl (C=O) groups is 3. The van der Waals surface area contributed by atoms with Gasteiger partial charge in [0, 0.05) is 61.6 Å². The van der Waals surface area contributed by atoms with Crippen molar-refractivity contribution in [2.75, 3.05) is 102 Å². The van der Waals surface area contributed by atoms with Crippen molar-refractivity contribution in [2.24, 2.45) is 0 Å². The van der Waals surface area contributed by atoms with Crippen molar-refractivity contribution in [3.8, 4) is 23.3 Å². The van der Waals surface area contributed by atoms with E-state index in [1.807, 2.05) is 66.4 Å². The average Bonchev–Trinajstić information content (AvgIpc) is 3.74. The number of aliphatic hydroxyl groups is 1. The van der Waals surface area contributed by atoms with Crippen LogP contribution in [0.2, 0.25) is 0 Å². The Bertz CT molecular complexity index is 2760. The number of amides is 3. The van der Waals surface area contributed by atoms with Crippen molar-refractivity contribution in [3.63, 3.8) is 0 Å². The summed E-state index contributed by atoms with van der Waals surface area (Å²) in [5, 5.41) is 24.9. The number of halogens is 4. The molecule has 3 heterocycles. The van der Waals surface area contributed by atoms with Gasteiger partial charge in [0.05, 0.1) is 75.6 Å². The molecule has 6 N–H and O–H groups in total. The summed E-state index contributed by atoms with van der Waals surface area (Å²) in [6.45, 7) is 5.32. The lowest BCUT2D eigenvalue weighted by Crippen LogP contribution is -2.46. The number of aromatic nitrogens is 1. The Morgan fingerprint density at radius 3 is 2.42 bits per heavy atom. The zero-order chi connectivity index (χ0) is 54.6. The monoisotopic (exact) mass is 1060 g/mol. The van der Waals surface area contributed by atoms with Crippen molar-refractivity contribution in [3.05, 3.63) is 113 Å². The number of nitrogens with one attached hydrogen (secondary N) is 5. The number of likely N-dealkylation sites (tertiary alicyclic amines) is 1. The predicted molar refractivity (Wildman–Crippen MR) is 286 cm³/mol. The number of benzene rings is 4. The maximum atomic E-state index is 14.9. The number of nitrogens with zero attached hydrogens (tertiary/aromatic N) is 3. The minimum Gasteiger partial charge on any atom is -0.495 e. The fourth-order valence-corrected chi connectivity index (χ4v) is 8.59. The Labute approximate surface area is 441 Å². The molecule has 2 aliphatic rings. The minimum atomic E-state index is -4.51. The van der Waals surface area contributed by atoms with Crippen LogP contribution < -0.4 is 41.0 Å². The Morgan fingerprint density at radius 2 is 1.68 bits per heavy atom. The van der Waals surface area contributed by atoms with E-state index < -0.39 is 24.9 Å². The highest BCUT2D eigenvalue weighted by atomic mass is 19.4. The molecular formula is C56H70F4N8O8. The fourth-order valence-electron chi connectivity index (χ4n) is 8.59. The van der Waals surface area contributed by atoms with Gasteiger partial charge in [-0.25, -0.2) is 4.39 Å². The number of anilines is 3. The first kappa shape index (κ1) is 58.2. The van der Waals surface area contributed by atoms with Gasteiger partial charge in [-0.3, -0.25) is 14.4 Å². The molecule has 3 atom stereocenters. The lowest BCUT2D eigenvalue weighted by Gasteiger charge is -2.33. The van der Waals surface area contributed by atoms with Crippen LogP contribution in [0.3, 0.4) is 0 Å². The number of hydrogen-bond acceptors (Lipinski definition) is 12. The van der Waals surface area contributed by atoms with Gasteiger partial charge in [0.2, 0.25) is 11.8 Å². The summed E-state index contributed by atoms with van der Waals surface area (Å²) in [5.74, 6) is 5.98. The summed E-state index contributed by atoms with van der Waals surface area (Å²) in [6, 6.07) is 24.0. The van der Waals surface area contributed by atoms with E-state index in [-0.39, 0.29) is 88.7 Å². The van der Waals surface area contributed by atoms with Crippen LogP contribution in [0.4, 0.5) is 34.6 Å². The standard InChI is InChI=1S/C53H62F4N8O8.C3H8/c1-63-20-17-45(43(54)29-63)62-44-7-4-8-47-42(44)26-40(65(47)34-53(55,56)57)6-5-18-58-46-16-14-38(25-49(46)70-3)52(69)59-19-21-71-22-23-72-33-51(68)60-28-35-9-11-36(12-10-35)32-73-41-15-13-37-24-39(31-66)61-50(67)30-64(2)48(37)27-41;1-3-2/h4,7-16,25-27,39,43,45,58,62,66H,17-24,28-34H2,1-3H3,(H,59,69)(H,60,68)(H,61,67);3H2,1-2H3. The third-order valence-corrected chi connectivity index (χ3v) is 12.4.